The van der Waals surface area contributed by atoms with Crippen LogP contribution in [0, 0.1) is 13.8 Å². The van der Waals surface area contributed by atoms with Crippen LogP contribution in [0.25, 0.3) is 0 Å². The highest BCUT2D eigenvalue weighted by atomic mass is 16.3. The third-order valence-corrected chi connectivity index (χ3v) is 5.41. The summed E-state index contributed by atoms with van der Waals surface area (Å²) >= 11 is 0. The molecule has 2 saturated heterocycles. The number of nitrogens with zero attached hydrogens (tertiary/aromatic N) is 2. The van der Waals surface area contributed by atoms with E-state index < -0.39 is 0 Å². The Hall–Kier alpha value is -0.900. The van der Waals surface area contributed by atoms with Crippen molar-refractivity contribution in [3.8, 4) is 0 Å². The summed E-state index contributed by atoms with van der Waals surface area (Å²) in [7, 11) is 0. The molecule has 0 aliphatic carbocycles. The van der Waals surface area contributed by atoms with Crippen molar-refractivity contribution < 1.29 is 5.11 Å². The quantitative estimate of drug-likeness (QED) is 0.926. The van der Waals surface area contributed by atoms with Crippen LogP contribution in [0.4, 0.5) is 0 Å². The molecule has 3 nitrogen and oxygen atoms in total. The zero-order valence-electron chi connectivity index (χ0n) is 14.3. The number of likely N-dealkylation sites (tertiary alicyclic amines) is 2. The summed E-state index contributed by atoms with van der Waals surface area (Å²) < 4.78 is 0. The minimum absolute atomic E-state index is 0.112. The van der Waals surface area contributed by atoms with E-state index in [4.69, 9.17) is 0 Å². The number of piperidine rings is 1. The number of aryl methyl sites for hydroxylation is 1. The molecule has 122 valence electrons. The molecule has 1 atom stereocenters. The van der Waals surface area contributed by atoms with Crippen LogP contribution >= 0.6 is 0 Å². The van der Waals surface area contributed by atoms with Crippen LogP contribution in [0.2, 0.25) is 0 Å². The van der Waals surface area contributed by atoms with E-state index in [0.717, 1.165) is 26.2 Å². The first-order valence-corrected chi connectivity index (χ1v) is 8.76. The zero-order chi connectivity index (χ0) is 15.7. The number of β-amino-alcohol motifs (C(OH)–C–C–N with tert-alkyl or cyclic N) is 1. The summed E-state index contributed by atoms with van der Waals surface area (Å²) in [5.74, 6) is 0. The Bertz CT molecular complexity index is 522. The lowest BCUT2D eigenvalue weighted by Crippen LogP contribution is -2.49. The molecular formula is C19H30N2O. The van der Waals surface area contributed by atoms with Gasteiger partial charge in [0.15, 0.2) is 0 Å². The van der Waals surface area contributed by atoms with Gasteiger partial charge in [0, 0.05) is 32.2 Å². The van der Waals surface area contributed by atoms with Crippen molar-refractivity contribution in [2.45, 2.75) is 65.3 Å². The number of rotatable bonds is 4. The van der Waals surface area contributed by atoms with Gasteiger partial charge in [-0.05, 0) is 56.8 Å². The van der Waals surface area contributed by atoms with Gasteiger partial charge in [0.2, 0.25) is 0 Å². The van der Waals surface area contributed by atoms with E-state index >= 15 is 0 Å². The number of benzene rings is 1. The van der Waals surface area contributed by atoms with Crippen molar-refractivity contribution in [2.24, 2.45) is 0 Å². The fourth-order valence-corrected chi connectivity index (χ4v) is 3.87. The molecule has 2 aliphatic heterocycles. The summed E-state index contributed by atoms with van der Waals surface area (Å²) in [5.41, 5.74) is 5.74. The molecule has 2 heterocycles. The van der Waals surface area contributed by atoms with E-state index in [1.807, 2.05) is 0 Å². The maximum atomic E-state index is 9.47. The summed E-state index contributed by atoms with van der Waals surface area (Å²) in [6, 6.07) is 5.40. The molecule has 0 bridgehead atoms. The zero-order valence-corrected chi connectivity index (χ0v) is 14.3. The van der Waals surface area contributed by atoms with Gasteiger partial charge in [-0.2, -0.15) is 0 Å². The molecule has 2 fully saturated rings. The van der Waals surface area contributed by atoms with Crippen molar-refractivity contribution in [3.63, 3.8) is 0 Å². The lowest BCUT2D eigenvalue weighted by Gasteiger charge is -2.37. The molecule has 3 heteroatoms. The van der Waals surface area contributed by atoms with Crippen LogP contribution in [-0.4, -0.2) is 46.7 Å². The highest BCUT2D eigenvalue weighted by Gasteiger charge is 2.25. The third kappa shape index (κ3) is 3.53. The van der Waals surface area contributed by atoms with E-state index in [1.54, 1.807) is 0 Å². The van der Waals surface area contributed by atoms with Gasteiger partial charge < -0.3 is 5.11 Å². The SMILES string of the molecule is Cc1cc(CN2CC(O)C2)c(C)c(CN2CCCC[C@@H]2C)c1. The number of aliphatic hydroxyl groups is 1. The predicted molar refractivity (Wildman–Crippen MR) is 90.9 cm³/mol. The van der Waals surface area contributed by atoms with E-state index in [0.29, 0.717) is 6.04 Å². The highest BCUT2D eigenvalue weighted by Crippen LogP contribution is 2.25. The van der Waals surface area contributed by atoms with Gasteiger partial charge in [0.05, 0.1) is 6.10 Å². The molecule has 2 aliphatic rings. The van der Waals surface area contributed by atoms with E-state index in [1.165, 1.54) is 48.1 Å². The lowest BCUT2D eigenvalue weighted by molar-refractivity contribution is -0.00299. The molecule has 0 aromatic heterocycles. The average molecular weight is 302 g/mol. The Labute approximate surface area is 134 Å². The molecule has 1 aromatic rings. The van der Waals surface area contributed by atoms with Crippen LogP contribution in [0.3, 0.4) is 0 Å². The summed E-state index contributed by atoms with van der Waals surface area (Å²) in [6.07, 6.45) is 3.95. The molecule has 0 amide bonds. The molecule has 0 radical (unpaired) electrons. The maximum Gasteiger partial charge on any atom is 0.0794 e. The molecule has 1 aromatic carbocycles. The molecular weight excluding hydrogens is 272 g/mol. The largest absolute Gasteiger partial charge is 0.390 e. The van der Waals surface area contributed by atoms with Crippen molar-refractivity contribution in [3.05, 3.63) is 34.4 Å². The number of aliphatic hydroxyl groups excluding tert-OH is 1. The fraction of sp³-hybridized carbons (Fsp3) is 0.684. The highest BCUT2D eigenvalue weighted by molar-refractivity contribution is 5.38. The van der Waals surface area contributed by atoms with Gasteiger partial charge in [-0.15, -0.1) is 0 Å². The van der Waals surface area contributed by atoms with Gasteiger partial charge >= 0.3 is 0 Å². The summed E-state index contributed by atoms with van der Waals surface area (Å²) in [6.45, 7) is 11.8. The van der Waals surface area contributed by atoms with Crippen LogP contribution in [0.15, 0.2) is 12.1 Å². The van der Waals surface area contributed by atoms with E-state index in [2.05, 4.69) is 42.7 Å². The Balaban J connectivity index is 1.74. The maximum absolute atomic E-state index is 9.47. The standard InChI is InChI=1S/C19H30N2O/c1-14-8-17(10-20-12-19(22)13-20)16(3)18(9-14)11-21-7-5-4-6-15(21)2/h8-9,15,19,22H,4-7,10-13H2,1-3H3/t15-/m0/s1. The number of hydrogen-bond donors (Lipinski definition) is 1. The third-order valence-electron chi connectivity index (χ3n) is 5.41. The van der Waals surface area contributed by atoms with Gasteiger partial charge in [-0.3, -0.25) is 9.80 Å². The lowest BCUT2D eigenvalue weighted by atomic mass is 9.95. The van der Waals surface area contributed by atoms with Gasteiger partial charge in [0.1, 0.15) is 0 Å². The monoisotopic (exact) mass is 302 g/mol. The van der Waals surface area contributed by atoms with Crippen LogP contribution < -0.4 is 0 Å². The van der Waals surface area contributed by atoms with E-state index in [9.17, 15) is 5.11 Å². The normalized spacial score (nSPS) is 24.5. The average Bonchev–Trinajstić information content (AvgIpc) is 2.44. The van der Waals surface area contributed by atoms with Gasteiger partial charge in [0.25, 0.3) is 0 Å². The van der Waals surface area contributed by atoms with Crippen molar-refractivity contribution in [1.82, 2.24) is 9.80 Å². The molecule has 1 N–H and O–H groups in total. The summed E-state index contributed by atoms with van der Waals surface area (Å²) in [4.78, 5) is 4.97. The molecule has 0 saturated carbocycles. The van der Waals surface area contributed by atoms with Crippen LogP contribution in [-0.2, 0) is 13.1 Å². The second-order valence-electron chi connectivity index (χ2n) is 7.37. The van der Waals surface area contributed by atoms with Crippen molar-refractivity contribution in [1.29, 1.82) is 0 Å². The Morgan fingerprint density at radius 2 is 1.77 bits per heavy atom. The van der Waals surface area contributed by atoms with Crippen LogP contribution in [0.5, 0.6) is 0 Å². The fourth-order valence-electron chi connectivity index (χ4n) is 3.87. The second-order valence-corrected chi connectivity index (χ2v) is 7.37. The molecule has 0 unspecified atom stereocenters. The minimum Gasteiger partial charge on any atom is -0.390 e. The first-order valence-electron chi connectivity index (χ1n) is 8.76. The van der Waals surface area contributed by atoms with Crippen molar-refractivity contribution in [2.75, 3.05) is 19.6 Å². The first kappa shape index (κ1) is 16.0. The second kappa shape index (κ2) is 6.69. The molecule has 0 spiro atoms. The Kier molecular flexibility index (Phi) is 4.86. The van der Waals surface area contributed by atoms with Crippen LogP contribution in [0.1, 0.15) is 48.4 Å². The summed E-state index contributed by atoms with van der Waals surface area (Å²) in [5, 5.41) is 9.47. The minimum atomic E-state index is -0.112. The number of hydrogen-bond acceptors (Lipinski definition) is 3. The molecule has 22 heavy (non-hydrogen) atoms. The van der Waals surface area contributed by atoms with E-state index in [-0.39, 0.29) is 6.10 Å². The van der Waals surface area contributed by atoms with Gasteiger partial charge in [-0.25, -0.2) is 0 Å². The topological polar surface area (TPSA) is 26.7 Å². The molecule has 3 rings (SSSR count). The first-order chi connectivity index (χ1) is 10.5. The Morgan fingerprint density at radius 1 is 1.09 bits per heavy atom. The Morgan fingerprint density at radius 3 is 2.41 bits per heavy atom. The van der Waals surface area contributed by atoms with Crippen molar-refractivity contribution >= 4 is 0 Å². The predicted octanol–water partition coefficient (Wildman–Crippen LogP) is 2.85. The smallest absolute Gasteiger partial charge is 0.0794 e. The van der Waals surface area contributed by atoms with Gasteiger partial charge in [-0.1, -0.05) is 24.1 Å².